The number of ether oxygens (including phenoxy) is 2. The molecule has 1 saturated carbocycles. The molecule has 0 aromatic carbocycles. The van der Waals surface area contributed by atoms with Crippen LogP contribution in [0.15, 0.2) is 0 Å². The summed E-state index contributed by atoms with van der Waals surface area (Å²) < 4.78 is 10.5. The Hall–Kier alpha value is -0.0800. The standard InChI is InChI=1S/C9H18O2/c1-7-4-8(6-10-2)9(5-7)11-3/h7-9H,4-6H2,1-3H3. The minimum absolute atomic E-state index is 0.435. The van der Waals surface area contributed by atoms with Crippen LogP contribution in [0.25, 0.3) is 0 Å². The Labute approximate surface area is 68.9 Å². The normalized spacial score (nSPS) is 37.9. The molecule has 1 aliphatic rings. The van der Waals surface area contributed by atoms with Gasteiger partial charge in [-0.1, -0.05) is 6.92 Å². The Morgan fingerprint density at radius 2 is 2.00 bits per heavy atom. The van der Waals surface area contributed by atoms with Crippen LogP contribution in [0.5, 0.6) is 0 Å². The first-order valence-corrected chi connectivity index (χ1v) is 4.29. The van der Waals surface area contributed by atoms with Crippen LogP contribution < -0.4 is 0 Å². The molecule has 11 heavy (non-hydrogen) atoms. The fraction of sp³-hybridized carbons (Fsp3) is 1.00. The van der Waals surface area contributed by atoms with Gasteiger partial charge in [0.1, 0.15) is 0 Å². The molecular weight excluding hydrogens is 140 g/mol. The van der Waals surface area contributed by atoms with Crippen molar-refractivity contribution in [2.24, 2.45) is 11.8 Å². The van der Waals surface area contributed by atoms with E-state index in [-0.39, 0.29) is 0 Å². The number of hydrogen-bond acceptors (Lipinski definition) is 2. The summed E-state index contributed by atoms with van der Waals surface area (Å²) in [5.41, 5.74) is 0. The van der Waals surface area contributed by atoms with Gasteiger partial charge < -0.3 is 9.47 Å². The van der Waals surface area contributed by atoms with Gasteiger partial charge in [0.05, 0.1) is 12.7 Å². The first-order valence-electron chi connectivity index (χ1n) is 4.29. The summed E-state index contributed by atoms with van der Waals surface area (Å²) in [6.07, 6.45) is 2.89. The van der Waals surface area contributed by atoms with Gasteiger partial charge in [-0.2, -0.15) is 0 Å². The van der Waals surface area contributed by atoms with Crippen molar-refractivity contribution in [3.63, 3.8) is 0 Å². The molecule has 0 amide bonds. The fourth-order valence-corrected chi connectivity index (χ4v) is 2.03. The second kappa shape index (κ2) is 4.07. The molecule has 2 nitrogen and oxygen atoms in total. The number of methoxy groups -OCH3 is 2. The number of rotatable bonds is 3. The second-order valence-electron chi connectivity index (χ2n) is 3.57. The molecule has 1 fully saturated rings. The minimum atomic E-state index is 0.435. The van der Waals surface area contributed by atoms with Crippen molar-refractivity contribution in [3.05, 3.63) is 0 Å². The van der Waals surface area contributed by atoms with Crippen LogP contribution in [0.2, 0.25) is 0 Å². The lowest BCUT2D eigenvalue weighted by molar-refractivity contribution is 0.0330. The molecule has 1 aliphatic carbocycles. The van der Waals surface area contributed by atoms with E-state index in [0.29, 0.717) is 12.0 Å². The van der Waals surface area contributed by atoms with E-state index in [9.17, 15) is 0 Å². The molecular formula is C9H18O2. The van der Waals surface area contributed by atoms with Crippen LogP contribution in [-0.2, 0) is 9.47 Å². The third kappa shape index (κ3) is 2.17. The Morgan fingerprint density at radius 1 is 1.27 bits per heavy atom. The van der Waals surface area contributed by atoms with Crippen molar-refractivity contribution in [2.45, 2.75) is 25.9 Å². The van der Waals surface area contributed by atoms with E-state index in [1.165, 1.54) is 12.8 Å². The van der Waals surface area contributed by atoms with Crippen LogP contribution in [-0.4, -0.2) is 26.9 Å². The van der Waals surface area contributed by atoms with E-state index < -0.39 is 0 Å². The van der Waals surface area contributed by atoms with Crippen molar-refractivity contribution in [1.29, 1.82) is 0 Å². The fourth-order valence-electron chi connectivity index (χ4n) is 2.03. The molecule has 0 aliphatic heterocycles. The molecule has 0 aromatic heterocycles. The quantitative estimate of drug-likeness (QED) is 0.622. The lowest BCUT2D eigenvalue weighted by atomic mass is 10.1. The molecule has 3 atom stereocenters. The van der Waals surface area contributed by atoms with Crippen molar-refractivity contribution in [3.8, 4) is 0 Å². The Morgan fingerprint density at radius 3 is 2.55 bits per heavy atom. The first-order chi connectivity index (χ1) is 5.27. The molecule has 0 bridgehead atoms. The zero-order valence-corrected chi connectivity index (χ0v) is 7.67. The summed E-state index contributed by atoms with van der Waals surface area (Å²) in [4.78, 5) is 0. The van der Waals surface area contributed by atoms with E-state index in [0.717, 1.165) is 12.5 Å². The van der Waals surface area contributed by atoms with E-state index in [2.05, 4.69) is 6.92 Å². The SMILES string of the molecule is COCC1CC(C)CC1OC. The van der Waals surface area contributed by atoms with Gasteiger partial charge in [0, 0.05) is 20.1 Å². The summed E-state index contributed by atoms with van der Waals surface area (Å²) in [6.45, 7) is 3.13. The maximum Gasteiger partial charge on any atom is 0.0624 e. The lowest BCUT2D eigenvalue weighted by Gasteiger charge is -2.16. The zero-order valence-electron chi connectivity index (χ0n) is 7.67. The lowest BCUT2D eigenvalue weighted by Crippen LogP contribution is -2.20. The van der Waals surface area contributed by atoms with Crippen molar-refractivity contribution < 1.29 is 9.47 Å². The van der Waals surface area contributed by atoms with Crippen LogP contribution in [0.3, 0.4) is 0 Å². The smallest absolute Gasteiger partial charge is 0.0624 e. The molecule has 3 unspecified atom stereocenters. The zero-order chi connectivity index (χ0) is 8.27. The van der Waals surface area contributed by atoms with E-state index >= 15 is 0 Å². The Balaban J connectivity index is 2.37. The molecule has 1 rings (SSSR count). The molecule has 0 N–H and O–H groups in total. The maximum absolute atomic E-state index is 5.37. The van der Waals surface area contributed by atoms with Crippen LogP contribution in [0.1, 0.15) is 19.8 Å². The third-order valence-electron chi connectivity index (χ3n) is 2.55. The highest BCUT2D eigenvalue weighted by Crippen LogP contribution is 2.32. The molecule has 0 radical (unpaired) electrons. The van der Waals surface area contributed by atoms with Gasteiger partial charge >= 0.3 is 0 Å². The van der Waals surface area contributed by atoms with Gasteiger partial charge in [-0.15, -0.1) is 0 Å². The molecule has 0 heterocycles. The summed E-state index contributed by atoms with van der Waals surface area (Å²) in [7, 11) is 3.56. The van der Waals surface area contributed by atoms with Crippen LogP contribution in [0.4, 0.5) is 0 Å². The highest BCUT2D eigenvalue weighted by molar-refractivity contribution is 4.81. The Bertz CT molecular complexity index is 114. The average molecular weight is 158 g/mol. The second-order valence-corrected chi connectivity index (χ2v) is 3.57. The van der Waals surface area contributed by atoms with Crippen molar-refractivity contribution in [2.75, 3.05) is 20.8 Å². The predicted molar refractivity (Wildman–Crippen MR) is 44.6 cm³/mol. The van der Waals surface area contributed by atoms with Gasteiger partial charge in [0.2, 0.25) is 0 Å². The van der Waals surface area contributed by atoms with Gasteiger partial charge in [-0.3, -0.25) is 0 Å². The molecule has 0 saturated heterocycles. The van der Waals surface area contributed by atoms with Gasteiger partial charge in [0.15, 0.2) is 0 Å². The molecule has 0 aromatic rings. The summed E-state index contributed by atoms with van der Waals surface area (Å²) in [6, 6.07) is 0. The van der Waals surface area contributed by atoms with E-state index in [1.54, 1.807) is 14.2 Å². The molecule has 2 heteroatoms. The van der Waals surface area contributed by atoms with E-state index in [1.807, 2.05) is 0 Å². The van der Waals surface area contributed by atoms with Gasteiger partial charge in [0.25, 0.3) is 0 Å². The molecule has 0 spiro atoms. The highest BCUT2D eigenvalue weighted by Gasteiger charge is 2.31. The Kier molecular flexibility index (Phi) is 3.34. The summed E-state index contributed by atoms with van der Waals surface area (Å²) >= 11 is 0. The number of hydrogen-bond donors (Lipinski definition) is 0. The summed E-state index contributed by atoms with van der Waals surface area (Å²) in [5.74, 6) is 1.43. The van der Waals surface area contributed by atoms with Crippen LogP contribution in [0, 0.1) is 11.8 Å². The summed E-state index contributed by atoms with van der Waals surface area (Å²) in [5, 5.41) is 0. The highest BCUT2D eigenvalue weighted by atomic mass is 16.5. The predicted octanol–water partition coefficient (Wildman–Crippen LogP) is 1.69. The largest absolute Gasteiger partial charge is 0.384 e. The minimum Gasteiger partial charge on any atom is -0.384 e. The van der Waals surface area contributed by atoms with Crippen LogP contribution >= 0.6 is 0 Å². The van der Waals surface area contributed by atoms with Crippen molar-refractivity contribution in [1.82, 2.24) is 0 Å². The van der Waals surface area contributed by atoms with Gasteiger partial charge in [-0.25, -0.2) is 0 Å². The van der Waals surface area contributed by atoms with Gasteiger partial charge in [-0.05, 0) is 18.8 Å². The first kappa shape index (κ1) is 9.01. The average Bonchev–Trinajstić information content (AvgIpc) is 2.32. The third-order valence-corrected chi connectivity index (χ3v) is 2.55. The monoisotopic (exact) mass is 158 g/mol. The topological polar surface area (TPSA) is 18.5 Å². The molecule has 66 valence electrons. The maximum atomic E-state index is 5.37. The van der Waals surface area contributed by atoms with Crippen molar-refractivity contribution >= 4 is 0 Å². The van der Waals surface area contributed by atoms with E-state index in [4.69, 9.17) is 9.47 Å².